The topological polar surface area (TPSA) is 55.4 Å². The summed E-state index contributed by atoms with van der Waals surface area (Å²) in [5.41, 5.74) is 0.301. The average molecular weight is 309 g/mol. The van der Waals surface area contributed by atoms with Gasteiger partial charge in [-0.15, -0.1) is 0 Å². The maximum absolute atomic E-state index is 13.7. The summed E-state index contributed by atoms with van der Waals surface area (Å²) in [5, 5.41) is 0. The van der Waals surface area contributed by atoms with Crippen molar-refractivity contribution in [1.29, 1.82) is 0 Å². The highest BCUT2D eigenvalue weighted by Gasteiger charge is 2.20. The van der Waals surface area contributed by atoms with E-state index < -0.39 is 21.9 Å². The molecule has 0 heterocycles. The lowest BCUT2D eigenvalue weighted by atomic mass is 10.1. The highest BCUT2D eigenvalue weighted by Crippen LogP contribution is 2.20. The van der Waals surface area contributed by atoms with E-state index >= 15 is 0 Å². The Labute approximate surface area is 123 Å². The molecule has 0 fully saturated rings. The van der Waals surface area contributed by atoms with Gasteiger partial charge in [-0.1, -0.05) is 18.2 Å². The zero-order valence-corrected chi connectivity index (χ0v) is 12.5. The molecule has 2 aromatic rings. The van der Waals surface area contributed by atoms with Crippen LogP contribution in [0.2, 0.25) is 0 Å². The van der Waals surface area contributed by atoms with Crippen molar-refractivity contribution < 1.29 is 17.5 Å². The summed E-state index contributed by atoms with van der Waals surface area (Å²) in [5.74, 6) is 0.124. The zero-order valence-electron chi connectivity index (χ0n) is 11.7. The average Bonchev–Trinajstić information content (AvgIpc) is 2.47. The molecule has 2 aromatic carbocycles. The van der Waals surface area contributed by atoms with E-state index in [9.17, 15) is 12.8 Å². The van der Waals surface area contributed by atoms with Gasteiger partial charge in [0.05, 0.1) is 12.0 Å². The molecule has 0 amide bonds. The lowest BCUT2D eigenvalue weighted by Gasteiger charge is -2.15. The van der Waals surface area contributed by atoms with E-state index in [2.05, 4.69) is 4.72 Å². The number of methoxy groups -OCH3 is 1. The fourth-order valence-electron chi connectivity index (χ4n) is 1.95. The van der Waals surface area contributed by atoms with Gasteiger partial charge in [0.1, 0.15) is 11.6 Å². The second-order valence-corrected chi connectivity index (χ2v) is 6.25. The van der Waals surface area contributed by atoms with Gasteiger partial charge in [-0.05, 0) is 37.3 Å². The van der Waals surface area contributed by atoms with E-state index in [4.69, 9.17) is 4.74 Å². The largest absolute Gasteiger partial charge is 0.497 e. The van der Waals surface area contributed by atoms with Gasteiger partial charge in [-0.3, -0.25) is 0 Å². The monoisotopic (exact) mass is 309 g/mol. The van der Waals surface area contributed by atoms with Crippen LogP contribution in [0, 0.1) is 5.82 Å². The third-order valence-electron chi connectivity index (χ3n) is 3.07. The van der Waals surface area contributed by atoms with Crippen molar-refractivity contribution >= 4 is 10.0 Å². The summed E-state index contributed by atoms with van der Waals surface area (Å²) in [6.45, 7) is 1.60. The van der Waals surface area contributed by atoms with Crippen LogP contribution >= 0.6 is 0 Å². The van der Waals surface area contributed by atoms with Gasteiger partial charge in [0.15, 0.2) is 0 Å². The molecule has 0 saturated heterocycles. The molecule has 2 rings (SSSR count). The summed E-state index contributed by atoms with van der Waals surface area (Å²) in [4.78, 5) is 0.103. The number of hydrogen-bond acceptors (Lipinski definition) is 3. The molecule has 1 atom stereocenters. The van der Waals surface area contributed by atoms with Crippen LogP contribution in [0.3, 0.4) is 0 Å². The molecule has 0 aromatic heterocycles. The van der Waals surface area contributed by atoms with Crippen molar-refractivity contribution in [2.75, 3.05) is 7.11 Å². The second-order valence-electron chi connectivity index (χ2n) is 4.54. The minimum absolute atomic E-state index is 0.103. The quantitative estimate of drug-likeness (QED) is 0.924. The number of sulfonamides is 1. The maximum Gasteiger partial charge on any atom is 0.241 e. The van der Waals surface area contributed by atoms with Crippen molar-refractivity contribution in [3.8, 4) is 5.75 Å². The SMILES string of the molecule is COc1ccc(S(=O)(=O)NC(C)c2ccccc2F)cc1. The van der Waals surface area contributed by atoms with Crippen LogP contribution in [0.5, 0.6) is 5.75 Å². The van der Waals surface area contributed by atoms with E-state index in [1.165, 1.54) is 25.3 Å². The van der Waals surface area contributed by atoms with Crippen LogP contribution in [-0.4, -0.2) is 15.5 Å². The minimum atomic E-state index is -3.72. The molecule has 0 aliphatic carbocycles. The van der Waals surface area contributed by atoms with Gasteiger partial charge >= 0.3 is 0 Å². The first-order valence-corrected chi connectivity index (χ1v) is 7.83. The number of hydrogen-bond donors (Lipinski definition) is 1. The molecule has 0 spiro atoms. The van der Waals surface area contributed by atoms with E-state index in [1.807, 2.05) is 0 Å². The van der Waals surface area contributed by atoms with Crippen molar-refractivity contribution in [2.45, 2.75) is 17.9 Å². The van der Waals surface area contributed by atoms with E-state index in [1.54, 1.807) is 37.3 Å². The molecule has 1 N–H and O–H groups in total. The molecule has 0 aliphatic heterocycles. The molecule has 0 bridgehead atoms. The van der Waals surface area contributed by atoms with E-state index in [0.717, 1.165) is 0 Å². The predicted molar refractivity (Wildman–Crippen MR) is 78.1 cm³/mol. The number of benzene rings is 2. The normalized spacial score (nSPS) is 12.9. The summed E-state index contributed by atoms with van der Waals surface area (Å²) in [6.07, 6.45) is 0. The Bertz CT molecular complexity index is 714. The van der Waals surface area contributed by atoms with Crippen molar-refractivity contribution in [2.24, 2.45) is 0 Å². The van der Waals surface area contributed by atoms with Gasteiger partial charge in [-0.2, -0.15) is 0 Å². The molecule has 0 aliphatic rings. The molecule has 1 unspecified atom stereocenters. The summed E-state index contributed by atoms with van der Waals surface area (Å²) < 4.78 is 45.6. The Kier molecular flexibility index (Phi) is 4.59. The van der Waals surface area contributed by atoms with Crippen LogP contribution < -0.4 is 9.46 Å². The first-order valence-electron chi connectivity index (χ1n) is 6.35. The van der Waals surface area contributed by atoms with Crippen molar-refractivity contribution in [1.82, 2.24) is 4.72 Å². The van der Waals surface area contributed by atoms with Gasteiger partial charge in [0, 0.05) is 11.6 Å². The van der Waals surface area contributed by atoms with Crippen LogP contribution in [0.15, 0.2) is 53.4 Å². The highest BCUT2D eigenvalue weighted by molar-refractivity contribution is 7.89. The van der Waals surface area contributed by atoms with Crippen LogP contribution in [-0.2, 0) is 10.0 Å². The molecule has 21 heavy (non-hydrogen) atoms. The standard InChI is InChI=1S/C15H16FNO3S/c1-11(14-5-3-4-6-15(14)16)17-21(18,19)13-9-7-12(20-2)8-10-13/h3-11,17H,1-2H3. The molecular weight excluding hydrogens is 293 g/mol. The third kappa shape index (κ3) is 3.59. The van der Waals surface area contributed by atoms with Crippen LogP contribution in [0.25, 0.3) is 0 Å². The molecule has 6 heteroatoms. The molecular formula is C15H16FNO3S. The number of rotatable bonds is 5. The third-order valence-corrected chi connectivity index (χ3v) is 4.63. The smallest absolute Gasteiger partial charge is 0.241 e. The maximum atomic E-state index is 13.7. The van der Waals surface area contributed by atoms with Crippen molar-refractivity contribution in [3.63, 3.8) is 0 Å². The molecule has 0 saturated carbocycles. The molecule has 0 radical (unpaired) electrons. The second kappa shape index (κ2) is 6.24. The Morgan fingerprint density at radius 1 is 1.10 bits per heavy atom. The summed E-state index contributed by atoms with van der Waals surface area (Å²) in [6, 6.07) is 11.4. The number of halogens is 1. The predicted octanol–water partition coefficient (Wildman–Crippen LogP) is 2.87. The van der Waals surface area contributed by atoms with Gasteiger partial charge in [0.25, 0.3) is 0 Å². The van der Waals surface area contributed by atoms with E-state index in [0.29, 0.717) is 11.3 Å². The first kappa shape index (κ1) is 15.5. The fourth-order valence-corrected chi connectivity index (χ4v) is 3.17. The minimum Gasteiger partial charge on any atom is -0.497 e. The highest BCUT2D eigenvalue weighted by atomic mass is 32.2. The first-order chi connectivity index (χ1) is 9.94. The molecule has 4 nitrogen and oxygen atoms in total. The van der Waals surface area contributed by atoms with Crippen LogP contribution in [0.1, 0.15) is 18.5 Å². The number of ether oxygens (including phenoxy) is 1. The summed E-state index contributed by atoms with van der Waals surface area (Å²) >= 11 is 0. The van der Waals surface area contributed by atoms with Gasteiger partial charge in [0.2, 0.25) is 10.0 Å². The lowest BCUT2D eigenvalue weighted by molar-refractivity contribution is 0.414. The Balaban J connectivity index is 2.22. The van der Waals surface area contributed by atoms with Crippen LogP contribution in [0.4, 0.5) is 4.39 Å². The Morgan fingerprint density at radius 3 is 2.29 bits per heavy atom. The summed E-state index contributed by atoms with van der Waals surface area (Å²) in [7, 11) is -2.22. The lowest BCUT2D eigenvalue weighted by Crippen LogP contribution is -2.27. The fraction of sp³-hybridized carbons (Fsp3) is 0.200. The number of nitrogens with one attached hydrogen (secondary N) is 1. The van der Waals surface area contributed by atoms with Crippen molar-refractivity contribution in [3.05, 3.63) is 59.9 Å². The zero-order chi connectivity index (χ0) is 15.5. The van der Waals surface area contributed by atoms with E-state index in [-0.39, 0.29) is 4.90 Å². The molecule has 112 valence electrons. The van der Waals surface area contributed by atoms with Gasteiger partial charge in [-0.25, -0.2) is 17.5 Å². The Morgan fingerprint density at radius 2 is 1.71 bits per heavy atom. The van der Waals surface area contributed by atoms with Gasteiger partial charge < -0.3 is 4.74 Å². The Hall–Kier alpha value is -1.92.